The van der Waals surface area contributed by atoms with Gasteiger partial charge in [-0.3, -0.25) is 0 Å². The van der Waals surface area contributed by atoms with Gasteiger partial charge < -0.3 is 10.2 Å². The molecule has 0 aliphatic heterocycles. The summed E-state index contributed by atoms with van der Waals surface area (Å²) >= 11 is 0. The van der Waals surface area contributed by atoms with Crippen LogP contribution < -0.4 is 5.32 Å². The molecular formula is C18H30N2. The quantitative estimate of drug-likeness (QED) is 0.776. The summed E-state index contributed by atoms with van der Waals surface area (Å²) in [6.07, 6.45) is 3.99. The summed E-state index contributed by atoms with van der Waals surface area (Å²) in [5, 5.41) is 3.79. The number of rotatable bonds is 8. The number of benzene rings is 1. The Morgan fingerprint density at radius 2 is 1.90 bits per heavy atom. The van der Waals surface area contributed by atoms with Gasteiger partial charge in [0.2, 0.25) is 0 Å². The molecule has 1 aliphatic carbocycles. The lowest BCUT2D eigenvalue weighted by molar-refractivity contribution is 0.246. The van der Waals surface area contributed by atoms with E-state index in [0.717, 1.165) is 19.0 Å². The first kappa shape index (κ1) is 15.5. The van der Waals surface area contributed by atoms with Crippen molar-refractivity contribution in [1.29, 1.82) is 0 Å². The summed E-state index contributed by atoms with van der Waals surface area (Å²) in [7, 11) is 2.23. The molecule has 0 saturated heterocycles. The van der Waals surface area contributed by atoms with Crippen LogP contribution in [0.1, 0.15) is 50.3 Å². The van der Waals surface area contributed by atoms with Crippen LogP contribution >= 0.6 is 0 Å². The predicted octanol–water partition coefficient (Wildman–Crippen LogP) is 3.77. The van der Waals surface area contributed by atoms with Crippen molar-refractivity contribution in [2.24, 2.45) is 5.92 Å². The number of nitrogens with one attached hydrogen (secondary N) is 1. The van der Waals surface area contributed by atoms with E-state index in [9.17, 15) is 0 Å². The molecule has 20 heavy (non-hydrogen) atoms. The van der Waals surface area contributed by atoms with Gasteiger partial charge in [-0.1, -0.05) is 36.8 Å². The van der Waals surface area contributed by atoms with Crippen molar-refractivity contribution in [3.63, 3.8) is 0 Å². The lowest BCUT2D eigenvalue weighted by Crippen LogP contribution is -2.36. The van der Waals surface area contributed by atoms with E-state index in [-0.39, 0.29) is 0 Å². The van der Waals surface area contributed by atoms with E-state index in [1.165, 1.54) is 30.4 Å². The highest BCUT2D eigenvalue weighted by atomic mass is 15.1. The minimum atomic E-state index is 0.556. The molecular weight excluding hydrogens is 244 g/mol. The van der Waals surface area contributed by atoms with Crippen molar-refractivity contribution in [2.75, 3.05) is 20.1 Å². The van der Waals surface area contributed by atoms with Crippen LogP contribution in [0.25, 0.3) is 0 Å². The molecule has 112 valence electrons. The molecule has 2 rings (SSSR count). The van der Waals surface area contributed by atoms with Crippen molar-refractivity contribution < 1.29 is 0 Å². The van der Waals surface area contributed by atoms with E-state index in [2.05, 4.69) is 62.3 Å². The summed E-state index contributed by atoms with van der Waals surface area (Å²) in [6.45, 7) is 8.93. The molecule has 2 nitrogen and oxygen atoms in total. The highest BCUT2D eigenvalue weighted by Crippen LogP contribution is 2.40. The van der Waals surface area contributed by atoms with Crippen LogP contribution in [0.5, 0.6) is 0 Å². The molecule has 2 unspecified atom stereocenters. The van der Waals surface area contributed by atoms with Gasteiger partial charge in [-0.2, -0.15) is 0 Å². The molecule has 0 heterocycles. The second kappa shape index (κ2) is 7.24. The van der Waals surface area contributed by atoms with Crippen LogP contribution in [0.3, 0.4) is 0 Å². The first-order chi connectivity index (χ1) is 9.61. The van der Waals surface area contributed by atoms with Crippen LogP contribution in [-0.4, -0.2) is 31.1 Å². The molecule has 1 N–H and O–H groups in total. The third-order valence-electron chi connectivity index (χ3n) is 4.70. The largest absolute Gasteiger partial charge is 0.308 e. The number of nitrogens with zero attached hydrogens (tertiary/aromatic N) is 1. The van der Waals surface area contributed by atoms with Crippen LogP contribution in [0, 0.1) is 12.8 Å². The fraction of sp³-hybridized carbons (Fsp3) is 0.667. The minimum Gasteiger partial charge on any atom is -0.308 e. The van der Waals surface area contributed by atoms with E-state index < -0.39 is 0 Å². The minimum absolute atomic E-state index is 0.556. The van der Waals surface area contributed by atoms with Gasteiger partial charge in [0, 0.05) is 25.2 Å². The summed E-state index contributed by atoms with van der Waals surface area (Å²) in [5.74, 6) is 0.853. The fourth-order valence-electron chi connectivity index (χ4n) is 2.69. The van der Waals surface area contributed by atoms with Crippen molar-refractivity contribution in [3.8, 4) is 0 Å². The first-order valence-electron chi connectivity index (χ1n) is 8.12. The molecule has 1 saturated carbocycles. The molecule has 0 spiro atoms. The predicted molar refractivity (Wildman–Crippen MR) is 87.0 cm³/mol. The Morgan fingerprint density at radius 3 is 2.45 bits per heavy atom. The fourth-order valence-corrected chi connectivity index (χ4v) is 2.69. The van der Waals surface area contributed by atoms with Gasteiger partial charge in [-0.15, -0.1) is 0 Å². The molecule has 0 amide bonds. The van der Waals surface area contributed by atoms with Crippen LogP contribution in [0.15, 0.2) is 24.3 Å². The third kappa shape index (κ3) is 4.32. The molecule has 1 aromatic carbocycles. The Bertz CT molecular complexity index is 394. The Hall–Kier alpha value is -0.860. The zero-order valence-electron chi connectivity index (χ0n) is 13.5. The summed E-state index contributed by atoms with van der Waals surface area (Å²) in [5.41, 5.74) is 2.81. The molecule has 1 aromatic rings. The van der Waals surface area contributed by atoms with Gasteiger partial charge in [0.1, 0.15) is 0 Å². The Balaban J connectivity index is 1.86. The van der Waals surface area contributed by atoms with Crippen LogP contribution in [0.2, 0.25) is 0 Å². The van der Waals surface area contributed by atoms with Crippen LogP contribution in [-0.2, 0) is 0 Å². The molecule has 2 heteroatoms. The van der Waals surface area contributed by atoms with E-state index >= 15 is 0 Å². The molecule has 0 radical (unpaired) electrons. The molecule has 0 bridgehead atoms. The average molecular weight is 274 g/mol. The Kier molecular flexibility index (Phi) is 5.62. The number of hydrogen-bond donors (Lipinski definition) is 1. The normalized spacial score (nSPS) is 18.2. The zero-order valence-corrected chi connectivity index (χ0v) is 13.5. The first-order valence-corrected chi connectivity index (χ1v) is 8.12. The monoisotopic (exact) mass is 274 g/mol. The number of aryl methyl sites for hydroxylation is 1. The standard InChI is InChI=1S/C18H30N2/c1-5-15(3)20(4)13-12-19-18(17-10-11-17)16-8-6-14(2)7-9-16/h6-9,15,17-19H,5,10-13H2,1-4H3. The van der Waals surface area contributed by atoms with Crippen LogP contribution in [0.4, 0.5) is 0 Å². The van der Waals surface area contributed by atoms with Gasteiger partial charge >= 0.3 is 0 Å². The van der Waals surface area contributed by atoms with Crippen molar-refractivity contribution in [3.05, 3.63) is 35.4 Å². The molecule has 1 aliphatic rings. The van der Waals surface area contributed by atoms with Crippen molar-refractivity contribution in [1.82, 2.24) is 10.2 Å². The van der Waals surface area contributed by atoms with E-state index in [1.54, 1.807) is 0 Å². The van der Waals surface area contributed by atoms with E-state index in [1.807, 2.05) is 0 Å². The second-order valence-corrected chi connectivity index (χ2v) is 6.42. The maximum Gasteiger partial charge on any atom is 0.0349 e. The molecule has 1 fully saturated rings. The summed E-state index contributed by atoms with van der Waals surface area (Å²) < 4.78 is 0. The highest BCUT2D eigenvalue weighted by Gasteiger charge is 2.31. The lowest BCUT2D eigenvalue weighted by Gasteiger charge is -2.25. The van der Waals surface area contributed by atoms with Gasteiger partial charge in [0.25, 0.3) is 0 Å². The van der Waals surface area contributed by atoms with Gasteiger partial charge in [0.05, 0.1) is 0 Å². The smallest absolute Gasteiger partial charge is 0.0349 e. The number of likely N-dealkylation sites (N-methyl/N-ethyl adjacent to an activating group) is 1. The maximum atomic E-state index is 3.79. The van der Waals surface area contributed by atoms with Crippen molar-refractivity contribution in [2.45, 2.75) is 52.1 Å². The highest BCUT2D eigenvalue weighted by molar-refractivity contribution is 5.25. The Morgan fingerprint density at radius 1 is 1.25 bits per heavy atom. The van der Waals surface area contributed by atoms with E-state index in [4.69, 9.17) is 0 Å². The Labute approximate surface area is 124 Å². The van der Waals surface area contributed by atoms with E-state index in [0.29, 0.717) is 12.1 Å². The lowest BCUT2D eigenvalue weighted by atomic mass is 10.0. The zero-order chi connectivity index (χ0) is 14.5. The van der Waals surface area contributed by atoms with Gasteiger partial charge in [-0.05, 0) is 51.6 Å². The summed E-state index contributed by atoms with van der Waals surface area (Å²) in [4.78, 5) is 2.45. The second-order valence-electron chi connectivity index (χ2n) is 6.42. The number of hydrogen-bond acceptors (Lipinski definition) is 2. The maximum absolute atomic E-state index is 3.79. The third-order valence-corrected chi connectivity index (χ3v) is 4.70. The topological polar surface area (TPSA) is 15.3 Å². The molecule has 0 aromatic heterocycles. The SMILES string of the molecule is CCC(C)N(C)CCNC(c1ccc(C)cc1)C1CC1. The molecule has 2 atom stereocenters. The van der Waals surface area contributed by atoms with Gasteiger partial charge in [-0.25, -0.2) is 0 Å². The van der Waals surface area contributed by atoms with Gasteiger partial charge in [0.15, 0.2) is 0 Å². The van der Waals surface area contributed by atoms with Crippen molar-refractivity contribution >= 4 is 0 Å². The summed E-state index contributed by atoms with van der Waals surface area (Å²) in [6, 6.07) is 10.3. The average Bonchev–Trinajstić information content (AvgIpc) is 3.28.